The highest BCUT2D eigenvalue weighted by Gasteiger charge is 2.24. The van der Waals surface area contributed by atoms with Crippen LogP contribution in [0.5, 0.6) is 0 Å². The number of anilines is 1. The molecule has 0 saturated carbocycles. The molecule has 0 bridgehead atoms. The fraction of sp³-hybridized carbons (Fsp3) is 0.292. The predicted octanol–water partition coefficient (Wildman–Crippen LogP) is 4.07. The predicted molar refractivity (Wildman–Crippen MR) is 133 cm³/mol. The second kappa shape index (κ2) is 9.54. The number of pyridine rings is 1. The molecule has 33 heavy (non-hydrogen) atoms. The molecule has 5 rings (SSSR count). The molecule has 0 spiro atoms. The van der Waals surface area contributed by atoms with Gasteiger partial charge in [0.2, 0.25) is 0 Å². The molecule has 9 heteroatoms. The minimum Gasteiger partial charge on any atom is -0.393 e. The SMILES string of the molecule is CSc1ccc(-c2ccc(C(=O)NCc3cn4ccsc4n3)c(N3CCC(O)CC3)n2)cc1. The maximum absolute atomic E-state index is 13.2. The first-order valence-electron chi connectivity index (χ1n) is 10.9. The van der Waals surface area contributed by atoms with Gasteiger partial charge < -0.3 is 15.3 Å². The van der Waals surface area contributed by atoms with Gasteiger partial charge in [-0.3, -0.25) is 9.20 Å². The molecule has 0 radical (unpaired) electrons. The van der Waals surface area contributed by atoms with Gasteiger partial charge >= 0.3 is 0 Å². The summed E-state index contributed by atoms with van der Waals surface area (Å²) in [5, 5.41) is 14.9. The molecule has 4 aromatic rings. The summed E-state index contributed by atoms with van der Waals surface area (Å²) in [6.45, 7) is 1.69. The van der Waals surface area contributed by atoms with E-state index in [4.69, 9.17) is 4.98 Å². The van der Waals surface area contributed by atoms with Crippen molar-refractivity contribution in [2.24, 2.45) is 0 Å². The van der Waals surface area contributed by atoms with E-state index in [2.05, 4.69) is 45.7 Å². The largest absolute Gasteiger partial charge is 0.393 e. The van der Waals surface area contributed by atoms with Crippen molar-refractivity contribution in [3.8, 4) is 11.3 Å². The quantitative estimate of drug-likeness (QED) is 0.406. The fourth-order valence-corrected chi connectivity index (χ4v) is 5.12. The molecule has 3 aromatic heterocycles. The summed E-state index contributed by atoms with van der Waals surface area (Å²) in [6, 6.07) is 12.0. The second-order valence-electron chi connectivity index (χ2n) is 8.02. The lowest BCUT2D eigenvalue weighted by Gasteiger charge is -2.32. The Morgan fingerprint density at radius 1 is 1.18 bits per heavy atom. The average molecular weight is 480 g/mol. The summed E-state index contributed by atoms with van der Waals surface area (Å²) in [6.07, 6.45) is 6.97. The Hall–Kier alpha value is -2.88. The van der Waals surface area contributed by atoms with Crippen LogP contribution in [0.1, 0.15) is 28.9 Å². The number of carbonyl (C=O) groups excluding carboxylic acids is 1. The standard InChI is InChI=1S/C24H25N5O2S2/c1-32-19-4-2-16(3-5-19)21-7-6-20(22(27-21)28-10-8-18(30)9-11-28)23(31)25-14-17-15-29-12-13-33-24(29)26-17/h2-7,12-13,15,18,30H,8-11,14H2,1H3,(H,25,31). The van der Waals surface area contributed by atoms with Crippen LogP contribution >= 0.6 is 23.1 Å². The Morgan fingerprint density at radius 2 is 1.97 bits per heavy atom. The van der Waals surface area contributed by atoms with Crippen LogP contribution < -0.4 is 10.2 Å². The number of rotatable bonds is 6. The third-order valence-electron chi connectivity index (χ3n) is 5.84. The molecule has 1 fully saturated rings. The van der Waals surface area contributed by atoms with Gasteiger partial charge in [0.1, 0.15) is 5.82 Å². The summed E-state index contributed by atoms with van der Waals surface area (Å²) >= 11 is 3.26. The lowest BCUT2D eigenvalue weighted by molar-refractivity contribution is 0.0950. The van der Waals surface area contributed by atoms with Crippen LogP contribution in [-0.2, 0) is 6.54 Å². The van der Waals surface area contributed by atoms with Crippen LogP contribution in [0.3, 0.4) is 0 Å². The van der Waals surface area contributed by atoms with E-state index >= 15 is 0 Å². The number of imidazole rings is 1. The molecule has 2 N–H and O–H groups in total. The van der Waals surface area contributed by atoms with Crippen LogP contribution in [0.4, 0.5) is 5.82 Å². The highest BCUT2D eigenvalue weighted by Crippen LogP contribution is 2.28. The molecular weight excluding hydrogens is 454 g/mol. The van der Waals surface area contributed by atoms with Gasteiger partial charge in [-0.15, -0.1) is 23.1 Å². The number of aliphatic hydroxyl groups is 1. The van der Waals surface area contributed by atoms with Crippen molar-refractivity contribution < 1.29 is 9.90 Å². The number of aliphatic hydroxyl groups excluding tert-OH is 1. The number of fused-ring (bicyclic) bond motifs is 1. The number of nitrogens with zero attached hydrogens (tertiary/aromatic N) is 4. The molecule has 4 heterocycles. The van der Waals surface area contributed by atoms with E-state index in [0.717, 1.165) is 21.9 Å². The zero-order chi connectivity index (χ0) is 22.8. The number of hydrogen-bond donors (Lipinski definition) is 2. The molecular formula is C24H25N5O2S2. The smallest absolute Gasteiger partial charge is 0.255 e. The Kier molecular flexibility index (Phi) is 6.34. The van der Waals surface area contributed by atoms with Crippen molar-refractivity contribution in [1.29, 1.82) is 0 Å². The summed E-state index contributed by atoms with van der Waals surface area (Å²) in [7, 11) is 0. The van der Waals surface area contributed by atoms with E-state index < -0.39 is 0 Å². The molecule has 1 aromatic carbocycles. The molecule has 0 atom stereocenters. The second-order valence-corrected chi connectivity index (χ2v) is 9.77. The minimum atomic E-state index is -0.296. The van der Waals surface area contributed by atoms with Crippen LogP contribution in [0.15, 0.2) is 59.1 Å². The Labute approximate surface area is 200 Å². The van der Waals surface area contributed by atoms with Crippen molar-refractivity contribution in [2.75, 3.05) is 24.2 Å². The zero-order valence-electron chi connectivity index (χ0n) is 18.3. The minimum absolute atomic E-state index is 0.177. The highest BCUT2D eigenvalue weighted by atomic mass is 32.2. The highest BCUT2D eigenvalue weighted by molar-refractivity contribution is 7.98. The van der Waals surface area contributed by atoms with Crippen LogP contribution in [0.25, 0.3) is 16.2 Å². The normalized spacial score (nSPS) is 14.7. The Balaban J connectivity index is 1.41. The first kappa shape index (κ1) is 21.9. The van der Waals surface area contributed by atoms with Gasteiger partial charge in [0.05, 0.1) is 29.6 Å². The molecule has 0 aliphatic carbocycles. The summed E-state index contributed by atoms with van der Waals surface area (Å²) in [5.41, 5.74) is 3.19. The van der Waals surface area contributed by atoms with Crippen molar-refractivity contribution in [1.82, 2.24) is 19.7 Å². The summed E-state index contributed by atoms with van der Waals surface area (Å²) in [5.74, 6) is 0.487. The van der Waals surface area contributed by atoms with Crippen LogP contribution in [0, 0.1) is 0 Å². The first-order chi connectivity index (χ1) is 16.1. The van der Waals surface area contributed by atoms with Gasteiger partial charge in [-0.1, -0.05) is 12.1 Å². The molecule has 7 nitrogen and oxygen atoms in total. The zero-order valence-corrected chi connectivity index (χ0v) is 19.9. The monoisotopic (exact) mass is 479 g/mol. The Bertz CT molecular complexity index is 1230. The topological polar surface area (TPSA) is 82.8 Å². The molecule has 1 saturated heterocycles. The number of benzene rings is 1. The van der Waals surface area contributed by atoms with E-state index in [0.29, 0.717) is 43.9 Å². The number of carbonyl (C=O) groups is 1. The van der Waals surface area contributed by atoms with Gasteiger partial charge in [-0.05, 0) is 43.4 Å². The Morgan fingerprint density at radius 3 is 2.70 bits per heavy atom. The van der Waals surface area contributed by atoms with E-state index in [1.54, 1.807) is 23.1 Å². The number of aromatic nitrogens is 3. The average Bonchev–Trinajstić information content (AvgIpc) is 3.45. The number of thiazole rings is 1. The van der Waals surface area contributed by atoms with E-state index in [1.807, 2.05) is 34.3 Å². The lowest BCUT2D eigenvalue weighted by Crippen LogP contribution is -2.38. The number of nitrogens with one attached hydrogen (secondary N) is 1. The number of hydrogen-bond acceptors (Lipinski definition) is 7. The molecule has 1 aliphatic heterocycles. The van der Waals surface area contributed by atoms with Crippen LogP contribution in [-0.4, -0.2) is 50.8 Å². The third kappa shape index (κ3) is 4.75. The number of thioether (sulfide) groups is 1. The van der Waals surface area contributed by atoms with Crippen molar-refractivity contribution in [2.45, 2.75) is 30.4 Å². The van der Waals surface area contributed by atoms with Crippen LogP contribution in [0.2, 0.25) is 0 Å². The molecule has 1 aliphatic rings. The first-order valence-corrected chi connectivity index (χ1v) is 13.0. The maximum atomic E-state index is 13.2. The molecule has 1 amide bonds. The summed E-state index contributed by atoms with van der Waals surface area (Å²) in [4.78, 5) is 26.8. The van der Waals surface area contributed by atoms with Gasteiger partial charge in [-0.2, -0.15) is 0 Å². The number of piperidine rings is 1. The maximum Gasteiger partial charge on any atom is 0.255 e. The summed E-state index contributed by atoms with van der Waals surface area (Å²) < 4.78 is 1.95. The number of amides is 1. The van der Waals surface area contributed by atoms with E-state index in [1.165, 1.54) is 4.90 Å². The van der Waals surface area contributed by atoms with Crippen molar-refractivity contribution in [3.63, 3.8) is 0 Å². The van der Waals surface area contributed by atoms with E-state index in [9.17, 15) is 9.90 Å². The lowest BCUT2D eigenvalue weighted by atomic mass is 10.1. The third-order valence-corrected chi connectivity index (χ3v) is 7.36. The van der Waals surface area contributed by atoms with Crippen molar-refractivity contribution in [3.05, 3.63) is 65.4 Å². The van der Waals surface area contributed by atoms with Gasteiger partial charge in [0.25, 0.3) is 5.91 Å². The van der Waals surface area contributed by atoms with Gasteiger partial charge in [0.15, 0.2) is 4.96 Å². The molecule has 0 unspecified atom stereocenters. The van der Waals surface area contributed by atoms with Gasteiger partial charge in [-0.25, -0.2) is 9.97 Å². The fourth-order valence-electron chi connectivity index (χ4n) is 3.99. The van der Waals surface area contributed by atoms with Crippen molar-refractivity contribution >= 4 is 39.8 Å². The molecule has 170 valence electrons. The van der Waals surface area contributed by atoms with Gasteiger partial charge in [0, 0.05) is 41.3 Å². The van der Waals surface area contributed by atoms with E-state index in [-0.39, 0.29) is 12.0 Å².